The summed E-state index contributed by atoms with van der Waals surface area (Å²) in [6, 6.07) is 3.28. The van der Waals surface area contributed by atoms with Crippen molar-refractivity contribution < 1.29 is 22.7 Å². The Kier molecular flexibility index (Phi) is 5.84. The molecule has 3 aromatic heterocycles. The number of esters is 1. The first kappa shape index (κ1) is 20.1. The highest BCUT2D eigenvalue weighted by Gasteiger charge is 2.39. The summed E-state index contributed by atoms with van der Waals surface area (Å²) in [7, 11) is 1.23. The zero-order chi connectivity index (χ0) is 20.3. The number of rotatable bonds is 6. The molecule has 0 saturated heterocycles. The van der Waals surface area contributed by atoms with Gasteiger partial charge in [0.05, 0.1) is 24.1 Å². The van der Waals surface area contributed by atoms with E-state index in [1.54, 1.807) is 0 Å². The zero-order valence-electron chi connectivity index (χ0n) is 14.5. The van der Waals surface area contributed by atoms with Crippen LogP contribution in [0.2, 0.25) is 0 Å². The summed E-state index contributed by atoms with van der Waals surface area (Å²) in [5.41, 5.74) is 0.989. The summed E-state index contributed by atoms with van der Waals surface area (Å²) in [4.78, 5) is 12.1. The van der Waals surface area contributed by atoms with E-state index in [1.165, 1.54) is 41.6 Å². The van der Waals surface area contributed by atoms with Gasteiger partial charge in [-0.15, -0.1) is 21.5 Å². The van der Waals surface area contributed by atoms with Crippen LogP contribution in [0.15, 0.2) is 34.0 Å². The lowest BCUT2D eigenvalue weighted by Gasteiger charge is -2.06. The van der Waals surface area contributed by atoms with Crippen molar-refractivity contribution >= 4 is 35.3 Å². The topological polar surface area (TPSA) is 87.2 Å². The molecule has 3 heterocycles. The standard InChI is InChI=1S/C15H13F3N6O2S2/c1-9-4-6-27-11(9)7-19-24-13(15(16,17)18)20-21-14(24)28-8-23-5-3-10(22-23)12(25)26-2/h3-7H,8H2,1-2H3/b19-7+. The molecule has 0 saturated carbocycles. The molecule has 0 unspecified atom stereocenters. The maximum absolute atomic E-state index is 13.2. The number of methoxy groups -OCH3 is 1. The second kappa shape index (κ2) is 8.14. The van der Waals surface area contributed by atoms with Gasteiger partial charge in [-0.25, -0.2) is 4.79 Å². The molecule has 0 atom stereocenters. The van der Waals surface area contributed by atoms with Crippen molar-refractivity contribution in [2.75, 3.05) is 7.11 Å². The average Bonchev–Trinajstić information content (AvgIpc) is 3.36. The van der Waals surface area contributed by atoms with Gasteiger partial charge in [0.15, 0.2) is 5.69 Å². The molecule has 0 spiro atoms. The summed E-state index contributed by atoms with van der Waals surface area (Å²) >= 11 is 2.30. The molecule has 3 rings (SSSR count). The Bertz CT molecular complexity index is 1010. The Morgan fingerprint density at radius 3 is 2.82 bits per heavy atom. The van der Waals surface area contributed by atoms with Crippen LogP contribution in [0.4, 0.5) is 13.2 Å². The van der Waals surface area contributed by atoms with Crippen molar-refractivity contribution in [1.82, 2.24) is 24.7 Å². The first-order chi connectivity index (χ1) is 13.3. The molecule has 0 N–H and O–H groups in total. The minimum absolute atomic E-state index is 0.0621. The number of aryl methyl sites for hydroxylation is 1. The van der Waals surface area contributed by atoms with Crippen LogP contribution in [0.5, 0.6) is 0 Å². The van der Waals surface area contributed by atoms with E-state index in [0.717, 1.165) is 22.2 Å². The van der Waals surface area contributed by atoms with Crippen molar-refractivity contribution in [2.45, 2.75) is 24.1 Å². The van der Waals surface area contributed by atoms with Gasteiger partial charge >= 0.3 is 12.1 Å². The lowest BCUT2D eigenvalue weighted by Crippen LogP contribution is -2.13. The molecule has 0 radical (unpaired) electrons. The molecule has 8 nitrogen and oxygen atoms in total. The van der Waals surface area contributed by atoms with E-state index >= 15 is 0 Å². The third-order valence-corrected chi connectivity index (χ3v) is 5.28. The lowest BCUT2D eigenvalue weighted by atomic mass is 10.3. The summed E-state index contributed by atoms with van der Waals surface area (Å²) < 4.78 is 46.3. The van der Waals surface area contributed by atoms with Gasteiger partial charge in [-0.1, -0.05) is 11.8 Å². The number of halogens is 3. The molecule has 0 aliphatic heterocycles. The van der Waals surface area contributed by atoms with Crippen LogP contribution in [0.25, 0.3) is 0 Å². The number of thiophene rings is 1. The van der Waals surface area contributed by atoms with Gasteiger partial charge in [0.1, 0.15) is 0 Å². The van der Waals surface area contributed by atoms with Crippen LogP contribution >= 0.6 is 23.1 Å². The monoisotopic (exact) mass is 430 g/mol. The third kappa shape index (κ3) is 4.42. The Labute approximate surface area is 165 Å². The first-order valence-electron chi connectivity index (χ1n) is 7.65. The quantitative estimate of drug-likeness (QED) is 0.339. The molecule has 0 aliphatic carbocycles. The van der Waals surface area contributed by atoms with E-state index in [9.17, 15) is 18.0 Å². The number of aromatic nitrogens is 5. The van der Waals surface area contributed by atoms with Gasteiger partial charge in [0.25, 0.3) is 5.82 Å². The Balaban J connectivity index is 1.83. The lowest BCUT2D eigenvalue weighted by molar-refractivity contribution is -0.147. The predicted molar refractivity (Wildman–Crippen MR) is 96.5 cm³/mol. The number of carbonyl (C=O) groups excluding carboxylic acids is 1. The molecular formula is C15H13F3N6O2S2. The summed E-state index contributed by atoms with van der Waals surface area (Å²) in [6.45, 7) is 1.83. The maximum Gasteiger partial charge on any atom is 0.453 e. The van der Waals surface area contributed by atoms with E-state index < -0.39 is 18.0 Å². The normalized spacial score (nSPS) is 12.0. The molecule has 0 aliphatic rings. The highest BCUT2D eigenvalue weighted by molar-refractivity contribution is 7.98. The molecule has 13 heteroatoms. The fourth-order valence-corrected chi connectivity index (χ4v) is 3.56. The van der Waals surface area contributed by atoms with Gasteiger partial charge < -0.3 is 4.74 Å². The number of hydrogen-bond donors (Lipinski definition) is 0. The molecule has 148 valence electrons. The van der Waals surface area contributed by atoms with Crippen molar-refractivity contribution in [3.63, 3.8) is 0 Å². The van der Waals surface area contributed by atoms with Crippen molar-refractivity contribution in [3.8, 4) is 0 Å². The van der Waals surface area contributed by atoms with Gasteiger partial charge in [-0.2, -0.15) is 28.0 Å². The van der Waals surface area contributed by atoms with Gasteiger partial charge in [-0.3, -0.25) is 4.68 Å². The van der Waals surface area contributed by atoms with E-state index in [-0.39, 0.29) is 16.7 Å². The molecule has 0 fully saturated rings. The predicted octanol–water partition coefficient (Wildman–Crippen LogP) is 3.28. The van der Waals surface area contributed by atoms with Crippen molar-refractivity contribution in [1.29, 1.82) is 0 Å². The summed E-state index contributed by atoms with van der Waals surface area (Å²) in [5.74, 6) is -1.74. The fraction of sp³-hybridized carbons (Fsp3) is 0.267. The second-order valence-corrected chi connectivity index (χ2v) is 7.19. The molecular weight excluding hydrogens is 417 g/mol. The maximum atomic E-state index is 13.2. The Hall–Kier alpha value is -2.67. The smallest absolute Gasteiger partial charge is 0.453 e. The Morgan fingerprint density at radius 1 is 1.39 bits per heavy atom. The van der Waals surface area contributed by atoms with Crippen LogP contribution in [-0.4, -0.2) is 43.9 Å². The van der Waals surface area contributed by atoms with Crippen molar-refractivity contribution in [2.24, 2.45) is 5.10 Å². The number of carbonyl (C=O) groups is 1. The number of hydrogen-bond acceptors (Lipinski definition) is 8. The third-order valence-electron chi connectivity index (χ3n) is 3.42. The number of nitrogens with zero attached hydrogens (tertiary/aromatic N) is 6. The minimum Gasteiger partial charge on any atom is -0.464 e. The average molecular weight is 430 g/mol. The summed E-state index contributed by atoms with van der Waals surface area (Å²) in [6.07, 6.45) is -1.87. The van der Waals surface area contributed by atoms with E-state index in [4.69, 9.17) is 0 Å². The second-order valence-electron chi connectivity index (χ2n) is 5.33. The Morgan fingerprint density at radius 2 is 2.18 bits per heavy atom. The molecule has 28 heavy (non-hydrogen) atoms. The molecule has 0 aromatic carbocycles. The minimum atomic E-state index is -4.71. The molecule has 3 aromatic rings. The highest BCUT2D eigenvalue weighted by atomic mass is 32.2. The van der Waals surface area contributed by atoms with Crippen molar-refractivity contribution in [3.05, 3.63) is 45.7 Å². The van der Waals surface area contributed by atoms with Gasteiger partial charge in [0.2, 0.25) is 5.16 Å². The number of ether oxygens (including phenoxy) is 1. The molecule has 0 bridgehead atoms. The number of alkyl halides is 3. The van der Waals surface area contributed by atoms with E-state index in [2.05, 4.69) is 25.1 Å². The van der Waals surface area contributed by atoms with Crippen LogP contribution in [0.3, 0.4) is 0 Å². The van der Waals surface area contributed by atoms with Crippen LogP contribution < -0.4 is 0 Å². The van der Waals surface area contributed by atoms with Gasteiger partial charge in [-0.05, 0) is 30.0 Å². The van der Waals surface area contributed by atoms with E-state index in [0.29, 0.717) is 4.68 Å². The first-order valence-corrected chi connectivity index (χ1v) is 9.51. The zero-order valence-corrected chi connectivity index (χ0v) is 16.2. The van der Waals surface area contributed by atoms with Crippen LogP contribution in [0, 0.1) is 6.92 Å². The fourth-order valence-electron chi connectivity index (χ4n) is 2.03. The highest BCUT2D eigenvalue weighted by Crippen LogP contribution is 2.31. The SMILES string of the molecule is COC(=O)c1ccn(CSc2nnc(C(F)(F)F)n2/N=C/c2sccc2C)n1. The van der Waals surface area contributed by atoms with Crippen LogP contribution in [-0.2, 0) is 16.8 Å². The largest absolute Gasteiger partial charge is 0.464 e. The van der Waals surface area contributed by atoms with Crippen LogP contribution in [0.1, 0.15) is 26.8 Å². The molecule has 0 amide bonds. The number of thioether (sulfide) groups is 1. The summed E-state index contributed by atoms with van der Waals surface area (Å²) in [5, 5.41) is 16.5. The van der Waals surface area contributed by atoms with E-state index in [1.807, 2.05) is 18.4 Å². The van der Waals surface area contributed by atoms with Gasteiger partial charge in [0, 0.05) is 6.20 Å².